The monoisotopic (exact) mass is 202 g/mol. The van der Waals surface area contributed by atoms with E-state index in [1.807, 2.05) is 6.20 Å². The molecule has 3 rings (SSSR count). The summed E-state index contributed by atoms with van der Waals surface area (Å²) in [7, 11) is 0. The van der Waals surface area contributed by atoms with Crippen molar-refractivity contribution in [2.75, 3.05) is 19.7 Å². The fourth-order valence-corrected chi connectivity index (χ4v) is 2.05. The van der Waals surface area contributed by atoms with E-state index in [0.717, 1.165) is 19.7 Å². The Morgan fingerprint density at radius 3 is 3.13 bits per heavy atom. The van der Waals surface area contributed by atoms with Crippen LogP contribution in [-0.2, 0) is 4.74 Å². The lowest BCUT2D eigenvalue weighted by atomic mass is 10.1. The zero-order valence-electron chi connectivity index (χ0n) is 8.49. The molecule has 1 aliphatic heterocycles. The molecule has 0 amide bonds. The lowest BCUT2D eigenvalue weighted by Crippen LogP contribution is -2.33. The summed E-state index contributed by atoms with van der Waals surface area (Å²) in [5.74, 6) is 0. The number of H-pyrrole nitrogens is 1. The molecule has 1 fully saturated rings. The van der Waals surface area contributed by atoms with Gasteiger partial charge in [-0.05, 0) is 23.1 Å². The van der Waals surface area contributed by atoms with Gasteiger partial charge < -0.3 is 15.0 Å². The Morgan fingerprint density at radius 1 is 1.27 bits per heavy atom. The second-order valence-electron chi connectivity index (χ2n) is 3.89. The number of aromatic nitrogens is 1. The Labute approximate surface area is 88.4 Å². The molecule has 2 heterocycles. The summed E-state index contributed by atoms with van der Waals surface area (Å²) in [5, 5.41) is 4.59. The number of benzene rings is 1. The molecule has 3 nitrogen and oxygen atoms in total. The number of ether oxygens (including phenoxy) is 1. The SMILES string of the molecule is c1cc2ccc(C3CNCCO3)cc2[nH]1. The Morgan fingerprint density at radius 2 is 2.27 bits per heavy atom. The molecule has 1 saturated heterocycles. The molecule has 1 aromatic heterocycles. The van der Waals surface area contributed by atoms with Gasteiger partial charge in [0.1, 0.15) is 0 Å². The van der Waals surface area contributed by atoms with E-state index in [4.69, 9.17) is 4.74 Å². The van der Waals surface area contributed by atoms with E-state index < -0.39 is 0 Å². The predicted molar refractivity (Wildman–Crippen MR) is 59.9 cm³/mol. The molecular weight excluding hydrogens is 188 g/mol. The molecular formula is C12H14N2O. The van der Waals surface area contributed by atoms with Crippen LogP contribution in [0.5, 0.6) is 0 Å². The van der Waals surface area contributed by atoms with Gasteiger partial charge in [-0.25, -0.2) is 0 Å². The van der Waals surface area contributed by atoms with Gasteiger partial charge >= 0.3 is 0 Å². The third-order valence-corrected chi connectivity index (χ3v) is 2.88. The quantitative estimate of drug-likeness (QED) is 0.740. The van der Waals surface area contributed by atoms with Crippen LogP contribution in [0, 0.1) is 0 Å². The summed E-state index contributed by atoms with van der Waals surface area (Å²) in [5.41, 5.74) is 2.43. The number of fused-ring (bicyclic) bond motifs is 1. The number of nitrogens with one attached hydrogen (secondary N) is 2. The van der Waals surface area contributed by atoms with Crippen molar-refractivity contribution in [2.24, 2.45) is 0 Å². The van der Waals surface area contributed by atoms with Crippen molar-refractivity contribution in [1.29, 1.82) is 0 Å². The maximum atomic E-state index is 5.71. The molecule has 0 bridgehead atoms. The lowest BCUT2D eigenvalue weighted by molar-refractivity contribution is 0.0278. The minimum absolute atomic E-state index is 0.200. The van der Waals surface area contributed by atoms with Crippen molar-refractivity contribution in [2.45, 2.75) is 6.10 Å². The Kier molecular flexibility index (Phi) is 2.19. The zero-order chi connectivity index (χ0) is 10.1. The highest BCUT2D eigenvalue weighted by molar-refractivity contribution is 5.79. The van der Waals surface area contributed by atoms with Crippen LogP contribution in [0.2, 0.25) is 0 Å². The summed E-state index contributed by atoms with van der Waals surface area (Å²) in [6.45, 7) is 2.67. The van der Waals surface area contributed by atoms with Crippen LogP contribution in [0.4, 0.5) is 0 Å². The fraction of sp³-hybridized carbons (Fsp3) is 0.333. The van der Waals surface area contributed by atoms with Crippen LogP contribution in [0.1, 0.15) is 11.7 Å². The summed E-state index contributed by atoms with van der Waals surface area (Å²) >= 11 is 0. The molecule has 1 atom stereocenters. The van der Waals surface area contributed by atoms with Crippen molar-refractivity contribution < 1.29 is 4.74 Å². The van der Waals surface area contributed by atoms with Crippen LogP contribution in [0.15, 0.2) is 30.5 Å². The molecule has 0 radical (unpaired) electrons. The Bertz CT molecular complexity index is 457. The molecule has 1 aliphatic rings. The van der Waals surface area contributed by atoms with Crippen LogP contribution < -0.4 is 5.32 Å². The van der Waals surface area contributed by atoms with Gasteiger partial charge in [-0.3, -0.25) is 0 Å². The van der Waals surface area contributed by atoms with Crippen LogP contribution in [0.25, 0.3) is 10.9 Å². The number of morpholine rings is 1. The third kappa shape index (κ3) is 1.64. The van der Waals surface area contributed by atoms with Gasteiger partial charge in [0, 0.05) is 24.8 Å². The topological polar surface area (TPSA) is 37.0 Å². The maximum Gasteiger partial charge on any atom is 0.0950 e. The van der Waals surface area contributed by atoms with Crippen LogP contribution in [-0.4, -0.2) is 24.7 Å². The fourth-order valence-electron chi connectivity index (χ4n) is 2.05. The average Bonchev–Trinajstić information content (AvgIpc) is 2.77. The van der Waals surface area contributed by atoms with Crippen molar-refractivity contribution >= 4 is 10.9 Å². The highest BCUT2D eigenvalue weighted by Gasteiger charge is 2.15. The first kappa shape index (κ1) is 8.95. The van der Waals surface area contributed by atoms with E-state index >= 15 is 0 Å². The van der Waals surface area contributed by atoms with Crippen molar-refractivity contribution in [3.8, 4) is 0 Å². The van der Waals surface area contributed by atoms with E-state index in [0.29, 0.717) is 0 Å². The van der Waals surface area contributed by atoms with Gasteiger partial charge in [0.05, 0.1) is 12.7 Å². The molecule has 0 aliphatic carbocycles. The number of hydrogen-bond donors (Lipinski definition) is 2. The molecule has 2 N–H and O–H groups in total. The van der Waals surface area contributed by atoms with Crippen LogP contribution >= 0.6 is 0 Å². The first-order chi connectivity index (χ1) is 7.43. The van der Waals surface area contributed by atoms with Gasteiger partial charge in [-0.15, -0.1) is 0 Å². The van der Waals surface area contributed by atoms with Crippen LogP contribution in [0.3, 0.4) is 0 Å². The standard InChI is InChI=1S/C12H14N2O/c1-2-10(12-8-13-5-6-15-12)7-11-9(1)3-4-14-11/h1-4,7,12-14H,5-6,8H2. The lowest BCUT2D eigenvalue weighted by Gasteiger charge is -2.23. The molecule has 1 aromatic carbocycles. The van der Waals surface area contributed by atoms with Gasteiger partial charge in [0.15, 0.2) is 0 Å². The third-order valence-electron chi connectivity index (χ3n) is 2.88. The van der Waals surface area contributed by atoms with Gasteiger partial charge in [-0.1, -0.05) is 12.1 Å². The second kappa shape index (κ2) is 3.68. The Balaban J connectivity index is 1.95. The summed E-state index contributed by atoms with van der Waals surface area (Å²) < 4.78 is 5.71. The maximum absolute atomic E-state index is 5.71. The molecule has 3 heteroatoms. The number of aromatic amines is 1. The zero-order valence-corrected chi connectivity index (χ0v) is 8.49. The molecule has 0 saturated carbocycles. The summed E-state index contributed by atoms with van der Waals surface area (Å²) in [6, 6.07) is 8.54. The van der Waals surface area contributed by atoms with Crippen molar-refractivity contribution in [3.05, 3.63) is 36.0 Å². The molecule has 2 aromatic rings. The van der Waals surface area contributed by atoms with E-state index in [2.05, 4.69) is 34.6 Å². The predicted octanol–water partition coefficient (Wildman–Crippen LogP) is 1.83. The minimum Gasteiger partial charge on any atom is -0.371 e. The normalized spacial score (nSPS) is 22.0. The minimum atomic E-state index is 0.200. The van der Waals surface area contributed by atoms with E-state index in [1.165, 1.54) is 16.5 Å². The van der Waals surface area contributed by atoms with Gasteiger partial charge in [0.2, 0.25) is 0 Å². The highest BCUT2D eigenvalue weighted by Crippen LogP contribution is 2.22. The van der Waals surface area contributed by atoms with Gasteiger partial charge in [0.25, 0.3) is 0 Å². The molecule has 0 spiro atoms. The Hall–Kier alpha value is -1.32. The smallest absolute Gasteiger partial charge is 0.0950 e. The average molecular weight is 202 g/mol. The highest BCUT2D eigenvalue weighted by atomic mass is 16.5. The first-order valence-corrected chi connectivity index (χ1v) is 5.33. The summed E-state index contributed by atoms with van der Waals surface area (Å²) in [6.07, 6.45) is 2.17. The number of hydrogen-bond acceptors (Lipinski definition) is 2. The van der Waals surface area contributed by atoms with E-state index in [-0.39, 0.29) is 6.10 Å². The van der Waals surface area contributed by atoms with Crippen molar-refractivity contribution in [3.63, 3.8) is 0 Å². The first-order valence-electron chi connectivity index (χ1n) is 5.33. The van der Waals surface area contributed by atoms with E-state index in [1.54, 1.807) is 0 Å². The number of rotatable bonds is 1. The van der Waals surface area contributed by atoms with Gasteiger partial charge in [-0.2, -0.15) is 0 Å². The molecule has 78 valence electrons. The molecule has 1 unspecified atom stereocenters. The second-order valence-corrected chi connectivity index (χ2v) is 3.89. The largest absolute Gasteiger partial charge is 0.371 e. The molecule has 15 heavy (non-hydrogen) atoms. The van der Waals surface area contributed by atoms with Crippen molar-refractivity contribution in [1.82, 2.24) is 10.3 Å². The van der Waals surface area contributed by atoms with E-state index in [9.17, 15) is 0 Å². The summed E-state index contributed by atoms with van der Waals surface area (Å²) in [4.78, 5) is 3.22.